The first-order valence-electron chi connectivity index (χ1n) is 5.76. The maximum absolute atomic E-state index is 11.5. The van der Waals surface area contributed by atoms with Gasteiger partial charge in [-0.3, -0.25) is 14.2 Å². The number of methoxy groups -OCH3 is 1. The van der Waals surface area contributed by atoms with Gasteiger partial charge in [-0.05, 0) is 19.1 Å². The number of rotatable bonds is 5. The van der Waals surface area contributed by atoms with Crippen molar-refractivity contribution < 1.29 is 19.4 Å². The number of fused-ring (bicyclic) bond motifs is 1. The molecule has 7 nitrogen and oxygen atoms in total. The molecule has 0 amide bonds. The monoisotopic (exact) mass is 295 g/mol. The van der Waals surface area contributed by atoms with Crippen LogP contribution in [0.15, 0.2) is 17.3 Å². The quantitative estimate of drug-likeness (QED) is 0.651. The van der Waals surface area contributed by atoms with Gasteiger partial charge in [0.15, 0.2) is 10.8 Å². The molecule has 2 heterocycles. The number of nitrogens with zero attached hydrogens (tertiary/aromatic N) is 3. The Kier molecular flexibility index (Phi) is 4.23. The number of pyridine rings is 1. The number of hydrogen-bond acceptors (Lipinski definition) is 6. The third-order valence-electron chi connectivity index (χ3n) is 2.54. The molecule has 8 heteroatoms. The zero-order valence-corrected chi connectivity index (χ0v) is 11.8. The molecule has 0 aromatic carbocycles. The molecule has 0 atom stereocenters. The van der Waals surface area contributed by atoms with Gasteiger partial charge in [0.25, 0.3) is 0 Å². The van der Waals surface area contributed by atoms with Crippen molar-refractivity contribution in [3.05, 3.63) is 17.8 Å². The van der Waals surface area contributed by atoms with E-state index in [1.807, 2.05) is 13.0 Å². The van der Waals surface area contributed by atoms with Crippen LogP contribution in [0.3, 0.4) is 0 Å². The van der Waals surface area contributed by atoms with E-state index in [0.29, 0.717) is 16.3 Å². The number of ether oxygens (including phenoxy) is 1. The van der Waals surface area contributed by atoms with Crippen LogP contribution in [0.1, 0.15) is 5.69 Å². The third-order valence-corrected chi connectivity index (χ3v) is 3.50. The van der Waals surface area contributed by atoms with Crippen LogP contribution in [-0.4, -0.2) is 44.4 Å². The van der Waals surface area contributed by atoms with E-state index < -0.39 is 11.9 Å². The van der Waals surface area contributed by atoms with Crippen molar-refractivity contribution in [2.45, 2.75) is 18.6 Å². The van der Waals surface area contributed by atoms with Crippen molar-refractivity contribution >= 4 is 34.9 Å². The standard InChI is InChI=1S/C12H13N3O4S/c1-7-3-4-8-11(13-7)15(5-10(18)19-2)12(14-8)20-6-9(16)17/h3-4H,5-6H2,1-2H3,(H,16,17). The van der Waals surface area contributed by atoms with Crippen LogP contribution in [-0.2, 0) is 20.9 Å². The molecule has 20 heavy (non-hydrogen) atoms. The number of carboxylic acids is 1. The molecular formula is C12H13N3O4S. The molecule has 0 fully saturated rings. The second kappa shape index (κ2) is 5.91. The van der Waals surface area contributed by atoms with Crippen molar-refractivity contribution in [2.24, 2.45) is 0 Å². The zero-order valence-electron chi connectivity index (χ0n) is 11.0. The Morgan fingerprint density at radius 3 is 2.80 bits per heavy atom. The average molecular weight is 295 g/mol. The van der Waals surface area contributed by atoms with E-state index in [4.69, 9.17) is 5.11 Å². The predicted octanol–water partition coefficient (Wildman–Crippen LogP) is 1.09. The first kappa shape index (κ1) is 14.3. The van der Waals surface area contributed by atoms with Crippen molar-refractivity contribution in [1.82, 2.24) is 14.5 Å². The fourth-order valence-electron chi connectivity index (χ4n) is 1.65. The van der Waals surface area contributed by atoms with E-state index in [1.165, 1.54) is 7.11 Å². The third kappa shape index (κ3) is 3.08. The summed E-state index contributed by atoms with van der Waals surface area (Å²) in [6.07, 6.45) is 0. The van der Waals surface area contributed by atoms with Crippen LogP contribution in [0.2, 0.25) is 0 Å². The number of carboxylic acid groups (broad SMARTS) is 1. The van der Waals surface area contributed by atoms with Gasteiger partial charge in [-0.1, -0.05) is 11.8 Å². The lowest BCUT2D eigenvalue weighted by Gasteiger charge is -2.06. The lowest BCUT2D eigenvalue weighted by atomic mass is 10.3. The van der Waals surface area contributed by atoms with Crippen molar-refractivity contribution in [2.75, 3.05) is 12.9 Å². The fourth-order valence-corrected chi connectivity index (χ4v) is 2.37. The number of aliphatic carboxylic acids is 1. The highest BCUT2D eigenvalue weighted by molar-refractivity contribution is 7.99. The summed E-state index contributed by atoms with van der Waals surface area (Å²) in [5, 5.41) is 9.18. The number of carbonyl (C=O) groups excluding carboxylic acids is 1. The van der Waals surface area contributed by atoms with Gasteiger partial charge in [0, 0.05) is 5.69 Å². The number of esters is 1. The minimum absolute atomic E-state index is 0.0502. The summed E-state index contributed by atoms with van der Waals surface area (Å²) in [5.41, 5.74) is 1.95. The van der Waals surface area contributed by atoms with Gasteiger partial charge in [0.1, 0.15) is 12.1 Å². The van der Waals surface area contributed by atoms with Crippen LogP contribution < -0.4 is 0 Å². The Bertz CT molecular complexity index is 668. The Balaban J connectivity index is 2.45. The van der Waals surface area contributed by atoms with E-state index in [9.17, 15) is 9.59 Å². The van der Waals surface area contributed by atoms with Crippen LogP contribution >= 0.6 is 11.8 Å². The molecule has 0 aliphatic rings. The normalized spacial score (nSPS) is 10.7. The van der Waals surface area contributed by atoms with Crippen LogP contribution in [0, 0.1) is 6.92 Å². The van der Waals surface area contributed by atoms with Gasteiger partial charge in [0.2, 0.25) is 0 Å². The molecule has 0 bridgehead atoms. The molecule has 0 aliphatic heterocycles. The van der Waals surface area contributed by atoms with E-state index in [0.717, 1.165) is 17.5 Å². The molecule has 0 spiro atoms. The molecule has 0 aliphatic carbocycles. The minimum Gasteiger partial charge on any atom is -0.481 e. The van der Waals surface area contributed by atoms with Crippen LogP contribution in [0.5, 0.6) is 0 Å². The van der Waals surface area contributed by atoms with Gasteiger partial charge in [-0.2, -0.15) is 0 Å². The van der Waals surface area contributed by atoms with Gasteiger partial charge in [-0.25, -0.2) is 9.97 Å². The summed E-state index contributed by atoms with van der Waals surface area (Å²) < 4.78 is 6.21. The van der Waals surface area contributed by atoms with Crippen molar-refractivity contribution in [3.63, 3.8) is 0 Å². The maximum atomic E-state index is 11.5. The maximum Gasteiger partial charge on any atom is 0.325 e. The molecule has 0 saturated heterocycles. The van der Waals surface area contributed by atoms with Crippen molar-refractivity contribution in [1.29, 1.82) is 0 Å². The van der Waals surface area contributed by atoms with E-state index in [1.54, 1.807) is 10.6 Å². The Morgan fingerprint density at radius 1 is 1.40 bits per heavy atom. The zero-order chi connectivity index (χ0) is 14.7. The second-order valence-electron chi connectivity index (χ2n) is 4.03. The second-order valence-corrected chi connectivity index (χ2v) is 4.98. The van der Waals surface area contributed by atoms with Gasteiger partial charge in [-0.15, -0.1) is 0 Å². The summed E-state index contributed by atoms with van der Waals surface area (Å²) in [6, 6.07) is 3.60. The highest BCUT2D eigenvalue weighted by Crippen LogP contribution is 2.23. The molecule has 1 N–H and O–H groups in total. The van der Waals surface area contributed by atoms with E-state index in [-0.39, 0.29) is 12.3 Å². The molecular weight excluding hydrogens is 282 g/mol. The Labute approximate surface area is 119 Å². The minimum atomic E-state index is -0.948. The highest BCUT2D eigenvalue weighted by Gasteiger charge is 2.16. The van der Waals surface area contributed by atoms with Crippen LogP contribution in [0.25, 0.3) is 11.2 Å². The number of aryl methyl sites for hydroxylation is 1. The summed E-state index contributed by atoms with van der Waals surface area (Å²) in [7, 11) is 1.30. The number of imidazole rings is 1. The summed E-state index contributed by atoms with van der Waals surface area (Å²) in [5.74, 6) is -1.52. The van der Waals surface area contributed by atoms with Gasteiger partial charge < -0.3 is 9.84 Å². The SMILES string of the molecule is COC(=O)Cn1c(SCC(=O)O)nc2ccc(C)nc21. The fraction of sp³-hybridized carbons (Fsp3) is 0.333. The van der Waals surface area contributed by atoms with Gasteiger partial charge >= 0.3 is 11.9 Å². The summed E-state index contributed by atoms with van der Waals surface area (Å²) in [6.45, 7) is 1.78. The molecule has 106 valence electrons. The summed E-state index contributed by atoms with van der Waals surface area (Å²) >= 11 is 1.04. The molecule has 0 saturated carbocycles. The first-order chi connectivity index (χ1) is 9.51. The number of carbonyl (C=O) groups is 2. The van der Waals surface area contributed by atoms with E-state index in [2.05, 4.69) is 14.7 Å². The highest BCUT2D eigenvalue weighted by atomic mass is 32.2. The lowest BCUT2D eigenvalue weighted by molar-refractivity contribution is -0.141. The number of aromatic nitrogens is 3. The topological polar surface area (TPSA) is 94.3 Å². The predicted molar refractivity (Wildman–Crippen MR) is 72.6 cm³/mol. The average Bonchev–Trinajstić information content (AvgIpc) is 2.74. The molecule has 0 unspecified atom stereocenters. The Morgan fingerprint density at radius 2 is 2.15 bits per heavy atom. The number of thioether (sulfide) groups is 1. The van der Waals surface area contributed by atoms with Crippen LogP contribution in [0.4, 0.5) is 0 Å². The lowest BCUT2D eigenvalue weighted by Crippen LogP contribution is -2.13. The first-order valence-corrected chi connectivity index (χ1v) is 6.75. The molecule has 2 rings (SSSR count). The Hall–Kier alpha value is -2.09. The van der Waals surface area contributed by atoms with E-state index >= 15 is 0 Å². The largest absolute Gasteiger partial charge is 0.481 e. The van der Waals surface area contributed by atoms with Crippen molar-refractivity contribution in [3.8, 4) is 0 Å². The number of hydrogen-bond donors (Lipinski definition) is 1. The summed E-state index contributed by atoms with van der Waals surface area (Å²) in [4.78, 5) is 30.8. The molecule has 2 aromatic heterocycles. The molecule has 0 radical (unpaired) electrons. The van der Waals surface area contributed by atoms with Gasteiger partial charge in [0.05, 0.1) is 12.9 Å². The molecule has 2 aromatic rings. The smallest absolute Gasteiger partial charge is 0.325 e.